The van der Waals surface area contributed by atoms with Crippen molar-refractivity contribution in [1.82, 2.24) is 4.72 Å². The minimum atomic E-state index is -3.62. The molecule has 6 nitrogen and oxygen atoms in total. The van der Waals surface area contributed by atoms with E-state index in [9.17, 15) is 13.2 Å². The Kier molecular flexibility index (Phi) is 4.83. The molecule has 0 aliphatic carbocycles. The molecule has 0 aliphatic rings. The van der Waals surface area contributed by atoms with Gasteiger partial charge in [0, 0.05) is 6.54 Å². The van der Waals surface area contributed by atoms with Gasteiger partial charge in [0.05, 0.1) is 11.7 Å². The van der Waals surface area contributed by atoms with E-state index in [1.165, 1.54) is 19.1 Å². The number of para-hydroxylation sites is 1. The molecular formula is C11H17N3O3S. The van der Waals surface area contributed by atoms with Crippen LogP contribution in [0.4, 0.5) is 5.69 Å². The van der Waals surface area contributed by atoms with E-state index in [0.29, 0.717) is 0 Å². The van der Waals surface area contributed by atoms with Gasteiger partial charge in [0.25, 0.3) is 0 Å². The van der Waals surface area contributed by atoms with E-state index in [-0.39, 0.29) is 17.1 Å². The number of rotatable bonds is 5. The number of carbonyl (C=O) groups is 1. The quantitative estimate of drug-likeness (QED) is 0.715. The first kappa shape index (κ1) is 14.6. The third kappa shape index (κ3) is 3.52. The van der Waals surface area contributed by atoms with Crippen molar-refractivity contribution in [1.29, 1.82) is 0 Å². The molecule has 1 aromatic carbocycles. The van der Waals surface area contributed by atoms with Gasteiger partial charge in [-0.1, -0.05) is 19.1 Å². The van der Waals surface area contributed by atoms with E-state index >= 15 is 0 Å². The van der Waals surface area contributed by atoms with Crippen LogP contribution in [0.1, 0.15) is 13.8 Å². The molecule has 100 valence electrons. The number of anilines is 1. The van der Waals surface area contributed by atoms with Crippen LogP contribution in [-0.4, -0.2) is 26.9 Å². The molecular weight excluding hydrogens is 254 g/mol. The summed E-state index contributed by atoms with van der Waals surface area (Å²) in [6, 6.07) is 5.46. The molecule has 0 aromatic heterocycles. The lowest BCUT2D eigenvalue weighted by molar-refractivity contribution is -0.117. The fraction of sp³-hybridized carbons (Fsp3) is 0.364. The number of hydrogen-bond acceptors (Lipinski definition) is 4. The third-order valence-electron chi connectivity index (χ3n) is 2.18. The first-order valence-electron chi connectivity index (χ1n) is 5.53. The maximum atomic E-state index is 11.9. The number of sulfonamides is 1. The van der Waals surface area contributed by atoms with Gasteiger partial charge in [0.2, 0.25) is 15.9 Å². The number of carbonyl (C=O) groups excluding carboxylic acids is 1. The summed E-state index contributed by atoms with van der Waals surface area (Å²) in [5, 5.41) is 2.49. The maximum Gasteiger partial charge on any atom is 0.242 e. The van der Waals surface area contributed by atoms with Gasteiger partial charge in [0.1, 0.15) is 4.90 Å². The highest BCUT2D eigenvalue weighted by molar-refractivity contribution is 7.89. The molecule has 0 saturated carbocycles. The van der Waals surface area contributed by atoms with Crippen LogP contribution in [0.3, 0.4) is 0 Å². The van der Waals surface area contributed by atoms with E-state index in [1.807, 2.05) is 0 Å². The molecule has 0 saturated heterocycles. The lowest BCUT2D eigenvalue weighted by atomic mass is 10.3. The fourth-order valence-electron chi connectivity index (χ4n) is 1.32. The van der Waals surface area contributed by atoms with Crippen molar-refractivity contribution in [3.63, 3.8) is 0 Å². The van der Waals surface area contributed by atoms with Crippen molar-refractivity contribution in [3.8, 4) is 0 Å². The number of benzene rings is 1. The van der Waals surface area contributed by atoms with Crippen LogP contribution in [0, 0.1) is 0 Å². The Bertz CT molecular complexity index is 526. The molecule has 1 rings (SSSR count). The van der Waals surface area contributed by atoms with Gasteiger partial charge in [0.15, 0.2) is 0 Å². The summed E-state index contributed by atoms with van der Waals surface area (Å²) < 4.78 is 26.2. The average Bonchev–Trinajstić information content (AvgIpc) is 2.29. The van der Waals surface area contributed by atoms with Gasteiger partial charge in [-0.2, -0.15) is 0 Å². The van der Waals surface area contributed by atoms with E-state index < -0.39 is 22.0 Å². The molecule has 1 aromatic rings. The van der Waals surface area contributed by atoms with E-state index in [2.05, 4.69) is 10.0 Å². The fourth-order valence-corrected chi connectivity index (χ4v) is 2.52. The normalized spacial score (nSPS) is 13.1. The smallest absolute Gasteiger partial charge is 0.242 e. The summed E-state index contributed by atoms with van der Waals surface area (Å²) >= 11 is 0. The third-order valence-corrected chi connectivity index (χ3v) is 3.79. The summed E-state index contributed by atoms with van der Waals surface area (Å²) in [6.07, 6.45) is 0. The van der Waals surface area contributed by atoms with Crippen LogP contribution in [0.5, 0.6) is 0 Å². The van der Waals surface area contributed by atoms with Crippen molar-refractivity contribution < 1.29 is 13.2 Å². The van der Waals surface area contributed by atoms with Crippen LogP contribution in [0.2, 0.25) is 0 Å². The van der Waals surface area contributed by atoms with Gasteiger partial charge >= 0.3 is 0 Å². The zero-order valence-corrected chi connectivity index (χ0v) is 11.1. The minimum Gasteiger partial charge on any atom is -0.324 e. The van der Waals surface area contributed by atoms with Crippen molar-refractivity contribution in [2.24, 2.45) is 5.73 Å². The van der Waals surface area contributed by atoms with Crippen molar-refractivity contribution in [2.75, 3.05) is 11.9 Å². The molecule has 0 radical (unpaired) electrons. The van der Waals surface area contributed by atoms with Crippen molar-refractivity contribution in [3.05, 3.63) is 24.3 Å². The molecule has 4 N–H and O–H groups in total. The topological polar surface area (TPSA) is 101 Å². The second kappa shape index (κ2) is 5.94. The monoisotopic (exact) mass is 271 g/mol. The van der Waals surface area contributed by atoms with Gasteiger partial charge in [-0.15, -0.1) is 0 Å². The minimum absolute atomic E-state index is 0.0286. The van der Waals surface area contributed by atoms with Gasteiger partial charge < -0.3 is 11.1 Å². The average molecular weight is 271 g/mol. The van der Waals surface area contributed by atoms with Crippen LogP contribution >= 0.6 is 0 Å². The van der Waals surface area contributed by atoms with Crippen molar-refractivity contribution >= 4 is 21.6 Å². The SMILES string of the molecule is CCNS(=O)(=O)c1ccccc1NC(=O)[C@@H](C)N. The van der Waals surface area contributed by atoms with Crippen LogP contribution in [0.15, 0.2) is 29.2 Å². The Balaban J connectivity index is 3.11. The highest BCUT2D eigenvalue weighted by Crippen LogP contribution is 2.20. The number of amides is 1. The Labute approximate surface area is 107 Å². The lowest BCUT2D eigenvalue weighted by Gasteiger charge is -2.12. The summed E-state index contributed by atoms with van der Waals surface area (Å²) in [5.41, 5.74) is 5.65. The number of hydrogen-bond donors (Lipinski definition) is 3. The summed E-state index contributed by atoms with van der Waals surface area (Å²) in [6.45, 7) is 3.48. The molecule has 0 bridgehead atoms. The molecule has 0 heterocycles. The number of nitrogens with two attached hydrogens (primary N) is 1. The zero-order valence-electron chi connectivity index (χ0n) is 10.3. The second-order valence-corrected chi connectivity index (χ2v) is 5.51. The highest BCUT2D eigenvalue weighted by atomic mass is 32.2. The molecule has 1 atom stereocenters. The molecule has 0 aliphatic heterocycles. The summed E-state index contributed by atoms with van der Waals surface area (Å²) in [7, 11) is -3.62. The predicted molar refractivity (Wildman–Crippen MR) is 69.6 cm³/mol. The zero-order chi connectivity index (χ0) is 13.8. The first-order valence-corrected chi connectivity index (χ1v) is 7.02. The molecule has 1 amide bonds. The molecule has 0 fully saturated rings. The van der Waals surface area contributed by atoms with Gasteiger partial charge in [-0.25, -0.2) is 13.1 Å². The van der Waals surface area contributed by atoms with Gasteiger partial charge in [-0.3, -0.25) is 4.79 Å². The predicted octanol–water partition coefficient (Wildman–Crippen LogP) is 0.271. The van der Waals surface area contributed by atoms with Crippen LogP contribution < -0.4 is 15.8 Å². The molecule has 18 heavy (non-hydrogen) atoms. The first-order chi connectivity index (χ1) is 8.38. The Hall–Kier alpha value is -1.44. The van der Waals surface area contributed by atoms with E-state index in [1.54, 1.807) is 19.1 Å². The van der Waals surface area contributed by atoms with E-state index in [0.717, 1.165) is 0 Å². The largest absolute Gasteiger partial charge is 0.324 e. The molecule has 0 unspecified atom stereocenters. The summed E-state index contributed by atoms with van der Waals surface area (Å²) in [4.78, 5) is 11.5. The molecule has 7 heteroatoms. The Morgan fingerprint density at radius 2 is 2.00 bits per heavy atom. The van der Waals surface area contributed by atoms with Gasteiger partial charge in [-0.05, 0) is 19.1 Å². The van der Waals surface area contributed by atoms with E-state index in [4.69, 9.17) is 5.73 Å². The summed E-state index contributed by atoms with van der Waals surface area (Å²) in [5.74, 6) is -0.436. The maximum absolute atomic E-state index is 11.9. The molecule has 0 spiro atoms. The number of nitrogens with one attached hydrogen (secondary N) is 2. The Morgan fingerprint density at radius 1 is 1.39 bits per heavy atom. The Morgan fingerprint density at radius 3 is 2.56 bits per heavy atom. The van der Waals surface area contributed by atoms with Crippen LogP contribution in [0.25, 0.3) is 0 Å². The highest BCUT2D eigenvalue weighted by Gasteiger charge is 2.19. The van der Waals surface area contributed by atoms with Crippen LogP contribution in [-0.2, 0) is 14.8 Å². The van der Waals surface area contributed by atoms with Crippen molar-refractivity contribution in [2.45, 2.75) is 24.8 Å². The lowest BCUT2D eigenvalue weighted by Crippen LogP contribution is -2.33. The second-order valence-electron chi connectivity index (χ2n) is 3.78. The standard InChI is InChI=1S/C11H17N3O3S/c1-3-13-18(16,17)10-7-5-4-6-9(10)14-11(15)8(2)12/h4-8,13H,3,12H2,1-2H3,(H,14,15)/t8-/m1/s1.